The summed E-state index contributed by atoms with van der Waals surface area (Å²) in [4.78, 5) is 4.84. The van der Waals surface area contributed by atoms with E-state index in [1.165, 1.54) is 0 Å². The molecule has 50 valence electrons. The Labute approximate surface area is 55.9 Å². The van der Waals surface area contributed by atoms with Crippen LogP contribution >= 0.6 is 0 Å². The monoisotopic (exact) mass is 125 g/mol. The van der Waals surface area contributed by atoms with Crippen molar-refractivity contribution in [1.82, 2.24) is 5.48 Å². The lowest BCUT2D eigenvalue weighted by atomic mass is 10.6. The van der Waals surface area contributed by atoms with E-state index in [4.69, 9.17) is 11.3 Å². The maximum Gasteiger partial charge on any atom is 0.0864 e. The fraction of sp³-hybridized carbons (Fsp3) is 0.429. The summed E-state index contributed by atoms with van der Waals surface area (Å²) in [7, 11) is 0. The van der Waals surface area contributed by atoms with Crippen molar-refractivity contribution in [2.24, 2.45) is 0 Å². The highest BCUT2D eigenvalue weighted by atomic mass is 16.6. The third-order valence-electron chi connectivity index (χ3n) is 0.692. The van der Waals surface area contributed by atoms with Gasteiger partial charge in [-0.2, -0.15) is 5.48 Å². The van der Waals surface area contributed by atoms with Crippen LogP contribution < -0.4 is 5.48 Å². The van der Waals surface area contributed by atoms with Crippen molar-refractivity contribution in [2.75, 3.05) is 13.2 Å². The third-order valence-corrected chi connectivity index (χ3v) is 0.692. The van der Waals surface area contributed by atoms with Gasteiger partial charge in [0.2, 0.25) is 0 Å². The first-order chi connectivity index (χ1) is 4.41. The molecule has 0 amide bonds. The molecule has 0 fully saturated rings. The van der Waals surface area contributed by atoms with Gasteiger partial charge in [0.15, 0.2) is 0 Å². The van der Waals surface area contributed by atoms with Crippen LogP contribution in [0.5, 0.6) is 0 Å². The maximum atomic E-state index is 4.93. The smallest absolute Gasteiger partial charge is 0.0864 e. The van der Waals surface area contributed by atoms with Gasteiger partial charge in [0.05, 0.1) is 13.2 Å². The molecule has 0 heterocycles. The Hall–Kier alpha value is -0.780. The van der Waals surface area contributed by atoms with Crippen molar-refractivity contribution in [1.29, 1.82) is 0 Å². The van der Waals surface area contributed by atoms with E-state index in [0.717, 1.165) is 0 Å². The predicted molar refractivity (Wildman–Crippen MR) is 37.6 cm³/mol. The van der Waals surface area contributed by atoms with E-state index in [1.807, 2.05) is 19.1 Å². The highest BCUT2D eigenvalue weighted by molar-refractivity contribution is 4.85. The fourth-order valence-corrected chi connectivity index (χ4v) is 0.296. The summed E-state index contributed by atoms with van der Waals surface area (Å²) in [6.45, 7) is 2.96. The second kappa shape index (κ2) is 7.22. The van der Waals surface area contributed by atoms with Crippen LogP contribution in [0.4, 0.5) is 0 Å². The summed E-state index contributed by atoms with van der Waals surface area (Å²) in [5.74, 6) is 2.38. The molecule has 0 aromatic rings. The van der Waals surface area contributed by atoms with Crippen LogP contribution in [0.15, 0.2) is 12.2 Å². The standard InChI is InChI=1S/C7H11NO/c1-3-5-7-9-8-6-4-2/h2-3,5,8H,6-7H2,1H3/b5-3+. The third kappa shape index (κ3) is 7.22. The molecule has 0 aliphatic carbocycles. The summed E-state index contributed by atoms with van der Waals surface area (Å²) in [5.41, 5.74) is 2.58. The van der Waals surface area contributed by atoms with Gasteiger partial charge in [0.25, 0.3) is 0 Å². The number of nitrogens with one attached hydrogen (secondary N) is 1. The van der Waals surface area contributed by atoms with Crippen molar-refractivity contribution in [2.45, 2.75) is 6.92 Å². The first-order valence-corrected chi connectivity index (χ1v) is 2.81. The number of hydrogen-bond acceptors (Lipinski definition) is 2. The van der Waals surface area contributed by atoms with Crippen LogP contribution in [0.2, 0.25) is 0 Å². The van der Waals surface area contributed by atoms with Crippen molar-refractivity contribution in [3.05, 3.63) is 12.2 Å². The van der Waals surface area contributed by atoms with E-state index in [1.54, 1.807) is 0 Å². The molecule has 2 heteroatoms. The number of hydrogen-bond donors (Lipinski definition) is 1. The largest absolute Gasteiger partial charge is 0.297 e. The first-order valence-electron chi connectivity index (χ1n) is 2.81. The van der Waals surface area contributed by atoms with Gasteiger partial charge in [-0.3, -0.25) is 4.84 Å². The van der Waals surface area contributed by atoms with E-state index in [-0.39, 0.29) is 0 Å². The lowest BCUT2D eigenvalue weighted by Crippen LogP contribution is -2.14. The topological polar surface area (TPSA) is 21.3 Å². The van der Waals surface area contributed by atoms with Gasteiger partial charge in [-0.25, -0.2) is 0 Å². The molecule has 0 unspecified atom stereocenters. The van der Waals surface area contributed by atoms with E-state index >= 15 is 0 Å². The molecular formula is C7H11NO. The minimum absolute atomic E-state index is 0.456. The van der Waals surface area contributed by atoms with Gasteiger partial charge in [-0.15, -0.1) is 6.42 Å². The summed E-state index contributed by atoms with van der Waals surface area (Å²) in [6.07, 6.45) is 8.74. The zero-order valence-corrected chi connectivity index (χ0v) is 5.55. The highest BCUT2D eigenvalue weighted by Gasteiger charge is 1.75. The van der Waals surface area contributed by atoms with Crippen LogP contribution in [0.25, 0.3) is 0 Å². The Kier molecular flexibility index (Phi) is 6.59. The van der Waals surface area contributed by atoms with Gasteiger partial charge in [0, 0.05) is 0 Å². The number of rotatable bonds is 4. The van der Waals surface area contributed by atoms with Crippen LogP contribution in [0.1, 0.15) is 6.92 Å². The van der Waals surface area contributed by atoms with Crippen LogP contribution in [0, 0.1) is 12.3 Å². The van der Waals surface area contributed by atoms with Gasteiger partial charge < -0.3 is 0 Å². The molecule has 0 saturated heterocycles. The summed E-state index contributed by atoms with van der Waals surface area (Å²) in [5, 5.41) is 0. The molecule has 2 nitrogen and oxygen atoms in total. The molecule has 1 N–H and O–H groups in total. The van der Waals surface area contributed by atoms with Crippen molar-refractivity contribution >= 4 is 0 Å². The predicted octanol–water partition coefficient (Wildman–Crippen LogP) is 0.717. The minimum Gasteiger partial charge on any atom is -0.297 e. The van der Waals surface area contributed by atoms with Crippen molar-refractivity contribution in [3.8, 4) is 12.3 Å². The van der Waals surface area contributed by atoms with Crippen LogP contribution in [0.3, 0.4) is 0 Å². The lowest BCUT2D eigenvalue weighted by Gasteiger charge is -1.95. The van der Waals surface area contributed by atoms with E-state index < -0.39 is 0 Å². The average molecular weight is 125 g/mol. The number of allylic oxidation sites excluding steroid dienone is 1. The van der Waals surface area contributed by atoms with Crippen molar-refractivity contribution in [3.63, 3.8) is 0 Å². The van der Waals surface area contributed by atoms with Gasteiger partial charge in [-0.1, -0.05) is 18.1 Å². The molecule has 0 spiro atoms. The second-order valence-electron chi connectivity index (χ2n) is 1.41. The molecule has 0 aliphatic heterocycles. The Balaban J connectivity index is 2.85. The molecule has 0 aliphatic rings. The Morgan fingerprint density at radius 2 is 2.56 bits per heavy atom. The first kappa shape index (κ1) is 8.22. The Morgan fingerprint density at radius 1 is 1.78 bits per heavy atom. The number of hydroxylamine groups is 1. The lowest BCUT2D eigenvalue weighted by molar-refractivity contribution is 0.0721. The fourth-order valence-electron chi connectivity index (χ4n) is 0.296. The van der Waals surface area contributed by atoms with E-state index in [0.29, 0.717) is 13.2 Å². The molecular weight excluding hydrogens is 114 g/mol. The summed E-state index contributed by atoms with van der Waals surface area (Å²) >= 11 is 0. The molecule has 0 radical (unpaired) electrons. The molecule has 0 rings (SSSR count). The summed E-state index contributed by atoms with van der Waals surface area (Å²) < 4.78 is 0. The van der Waals surface area contributed by atoms with Gasteiger partial charge in [0.1, 0.15) is 0 Å². The normalized spacial score (nSPS) is 9.78. The Morgan fingerprint density at radius 3 is 3.11 bits per heavy atom. The minimum atomic E-state index is 0.456. The zero-order chi connectivity index (χ0) is 6.95. The molecule has 0 aromatic carbocycles. The molecule has 0 atom stereocenters. The molecule has 0 bridgehead atoms. The SMILES string of the molecule is C#CCNOC/C=C/C. The number of terminal acetylenes is 1. The highest BCUT2D eigenvalue weighted by Crippen LogP contribution is 1.70. The molecule has 0 saturated carbocycles. The van der Waals surface area contributed by atoms with Gasteiger partial charge in [-0.05, 0) is 6.92 Å². The van der Waals surface area contributed by atoms with Crippen LogP contribution in [-0.2, 0) is 4.84 Å². The van der Waals surface area contributed by atoms with Crippen molar-refractivity contribution < 1.29 is 4.84 Å². The zero-order valence-electron chi connectivity index (χ0n) is 5.55. The quantitative estimate of drug-likeness (QED) is 0.259. The van der Waals surface area contributed by atoms with E-state index in [9.17, 15) is 0 Å². The van der Waals surface area contributed by atoms with Crippen LogP contribution in [-0.4, -0.2) is 13.2 Å². The Bertz CT molecular complexity index is 113. The second-order valence-corrected chi connectivity index (χ2v) is 1.41. The average Bonchev–Trinajstić information content (AvgIpc) is 1.89. The van der Waals surface area contributed by atoms with Gasteiger partial charge >= 0.3 is 0 Å². The van der Waals surface area contributed by atoms with E-state index in [2.05, 4.69) is 11.4 Å². The molecule has 0 aromatic heterocycles. The summed E-state index contributed by atoms with van der Waals surface area (Å²) in [6, 6.07) is 0. The molecule has 9 heavy (non-hydrogen) atoms. The maximum absolute atomic E-state index is 4.93.